The van der Waals surface area contributed by atoms with Crippen LogP contribution in [0.4, 0.5) is 4.39 Å². The minimum absolute atomic E-state index is 0.00371. The molecule has 1 heterocycles. The molecule has 0 bridgehead atoms. The Balaban J connectivity index is 2.02. The average molecular weight is 288 g/mol. The zero-order chi connectivity index (χ0) is 14.1. The predicted octanol–water partition coefficient (Wildman–Crippen LogP) is 4.11. The average Bonchev–Trinajstić information content (AvgIpc) is 2.49. The van der Waals surface area contributed by atoms with Crippen molar-refractivity contribution in [3.63, 3.8) is 0 Å². The molecule has 2 aromatic carbocycles. The Morgan fingerprint density at radius 3 is 2.60 bits per heavy atom. The van der Waals surface area contributed by atoms with Crippen molar-refractivity contribution in [3.8, 4) is 0 Å². The van der Waals surface area contributed by atoms with Gasteiger partial charge in [-0.3, -0.25) is 4.98 Å². The Kier molecular flexibility index (Phi) is 3.38. The standard InChI is InChI=1S/C16H11ClFNO/c17-13-9-12(3-5-14(13)18)16(20)11-4-6-15-10(8-11)2-1-7-19-15/h1-9,16,20H. The fourth-order valence-corrected chi connectivity index (χ4v) is 2.33. The molecular formula is C16H11ClFNO. The van der Waals surface area contributed by atoms with E-state index in [-0.39, 0.29) is 5.02 Å². The topological polar surface area (TPSA) is 33.1 Å². The van der Waals surface area contributed by atoms with Crippen LogP contribution >= 0.6 is 11.6 Å². The molecule has 1 N–H and O–H groups in total. The van der Waals surface area contributed by atoms with Gasteiger partial charge in [-0.1, -0.05) is 29.8 Å². The lowest BCUT2D eigenvalue weighted by atomic mass is 10.00. The highest BCUT2D eigenvalue weighted by atomic mass is 35.5. The molecule has 3 aromatic rings. The molecule has 0 aliphatic carbocycles. The van der Waals surface area contributed by atoms with Gasteiger partial charge in [0.1, 0.15) is 11.9 Å². The van der Waals surface area contributed by atoms with Crippen molar-refractivity contribution in [2.45, 2.75) is 6.10 Å². The highest BCUT2D eigenvalue weighted by molar-refractivity contribution is 6.30. The molecule has 0 saturated carbocycles. The largest absolute Gasteiger partial charge is 0.384 e. The molecule has 2 nitrogen and oxygen atoms in total. The molecule has 0 amide bonds. The molecular weight excluding hydrogens is 277 g/mol. The molecule has 100 valence electrons. The Labute approximate surface area is 120 Å². The van der Waals surface area contributed by atoms with E-state index in [2.05, 4.69) is 4.98 Å². The number of rotatable bonds is 2. The summed E-state index contributed by atoms with van der Waals surface area (Å²) in [5.74, 6) is -0.495. The monoisotopic (exact) mass is 287 g/mol. The van der Waals surface area contributed by atoms with Gasteiger partial charge in [0.15, 0.2) is 0 Å². The van der Waals surface area contributed by atoms with E-state index in [1.54, 1.807) is 12.3 Å². The number of halogens is 2. The molecule has 0 radical (unpaired) electrons. The quantitative estimate of drug-likeness (QED) is 0.769. The highest BCUT2D eigenvalue weighted by Crippen LogP contribution is 2.27. The van der Waals surface area contributed by atoms with Crippen molar-refractivity contribution in [2.24, 2.45) is 0 Å². The molecule has 1 atom stereocenters. The number of aliphatic hydroxyl groups is 1. The Bertz CT molecular complexity index is 775. The Morgan fingerprint density at radius 2 is 1.80 bits per heavy atom. The fraction of sp³-hybridized carbons (Fsp3) is 0.0625. The first-order chi connectivity index (χ1) is 9.65. The van der Waals surface area contributed by atoms with E-state index >= 15 is 0 Å². The van der Waals surface area contributed by atoms with E-state index in [9.17, 15) is 9.50 Å². The maximum atomic E-state index is 13.2. The van der Waals surface area contributed by atoms with E-state index in [1.165, 1.54) is 18.2 Å². The van der Waals surface area contributed by atoms with Gasteiger partial charge in [-0.05, 0) is 41.5 Å². The summed E-state index contributed by atoms with van der Waals surface area (Å²) in [6.45, 7) is 0. The van der Waals surface area contributed by atoms with Crippen LogP contribution in [0.1, 0.15) is 17.2 Å². The molecule has 0 saturated heterocycles. The van der Waals surface area contributed by atoms with E-state index in [0.29, 0.717) is 11.1 Å². The summed E-state index contributed by atoms with van der Waals surface area (Å²) < 4.78 is 13.2. The minimum atomic E-state index is -0.849. The van der Waals surface area contributed by atoms with E-state index in [4.69, 9.17) is 11.6 Å². The van der Waals surface area contributed by atoms with E-state index < -0.39 is 11.9 Å². The lowest BCUT2D eigenvalue weighted by Crippen LogP contribution is -2.00. The van der Waals surface area contributed by atoms with Crippen LogP contribution in [0, 0.1) is 5.82 Å². The van der Waals surface area contributed by atoms with Gasteiger partial charge in [-0.2, -0.15) is 0 Å². The molecule has 0 spiro atoms. The molecule has 1 unspecified atom stereocenters. The first kappa shape index (κ1) is 13.0. The molecule has 0 aliphatic rings. The third-order valence-electron chi connectivity index (χ3n) is 3.20. The molecule has 20 heavy (non-hydrogen) atoms. The predicted molar refractivity (Wildman–Crippen MR) is 77.2 cm³/mol. The smallest absolute Gasteiger partial charge is 0.141 e. The summed E-state index contributed by atoms with van der Waals surface area (Å²) in [6.07, 6.45) is 0.871. The van der Waals surface area contributed by atoms with Crippen LogP contribution in [0.3, 0.4) is 0 Å². The lowest BCUT2D eigenvalue weighted by Gasteiger charge is -2.12. The number of pyridine rings is 1. The van der Waals surface area contributed by atoms with Crippen LogP contribution in [0.5, 0.6) is 0 Å². The third-order valence-corrected chi connectivity index (χ3v) is 3.49. The number of hydrogen-bond acceptors (Lipinski definition) is 2. The van der Waals surface area contributed by atoms with Gasteiger partial charge in [0.05, 0.1) is 10.5 Å². The molecule has 4 heteroatoms. The van der Waals surface area contributed by atoms with Crippen molar-refractivity contribution >= 4 is 22.5 Å². The lowest BCUT2D eigenvalue weighted by molar-refractivity contribution is 0.220. The van der Waals surface area contributed by atoms with E-state index in [0.717, 1.165) is 10.9 Å². The second-order valence-electron chi connectivity index (χ2n) is 4.53. The summed E-state index contributed by atoms with van der Waals surface area (Å²) in [7, 11) is 0. The first-order valence-corrected chi connectivity index (χ1v) is 6.50. The summed E-state index contributed by atoms with van der Waals surface area (Å²) in [5, 5.41) is 11.3. The van der Waals surface area contributed by atoms with Crippen LogP contribution in [0.2, 0.25) is 5.02 Å². The normalized spacial score (nSPS) is 12.6. The second kappa shape index (κ2) is 5.19. The van der Waals surface area contributed by atoms with Crippen LogP contribution in [0.25, 0.3) is 10.9 Å². The second-order valence-corrected chi connectivity index (χ2v) is 4.94. The van der Waals surface area contributed by atoms with Crippen molar-refractivity contribution in [2.75, 3.05) is 0 Å². The van der Waals surface area contributed by atoms with Crippen LogP contribution in [-0.4, -0.2) is 10.1 Å². The van der Waals surface area contributed by atoms with Crippen LogP contribution < -0.4 is 0 Å². The molecule has 1 aromatic heterocycles. The fourth-order valence-electron chi connectivity index (χ4n) is 2.14. The Hall–Kier alpha value is -1.97. The van der Waals surface area contributed by atoms with Crippen molar-refractivity contribution in [3.05, 3.63) is 76.7 Å². The summed E-state index contributed by atoms with van der Waals surface area (Å²) in [6, 6.07) is 13.5. The summed E-state index contributed by atoms with van der Waals surface area (Å²) in [4.78, 5) is 4.23. The van der Waals surface area contributed by atoms with Crippen molar-refractivity contribution in [1.82, 2.24) is 4.98 Å². The summed E-state index contributed by atoms with van der Waals surface area (Å²) in [5.41, 5.74) is 2.13. The highest BCUT2D eigenvalue weighted by Gasteiger charge is 2.13. The number of aliphatic hydroxyl groups excluding tert-OH is 1. The van der Waals surface area contributed by atoms with Crippen LogP contribution in [-0.2, 0) is 0 Å². The number of hydrogen-bond donors (Lipinski definition) is 1. The van der Waals surface area contributed by atoms with Gasteiger partial charge >= 0.3 is 0 Å². The van der Waals surface area contributed by atoms with Gasteiger partial charge < -0.3 is 5.11 Å². The minimum Gasteiger partial charge on any atom is -0.384 e. The van der Waals surface area contributed by atoms with Gasteiger partial charge in [-0.25, -0.2) is 4.39 Å². The number of aromatic nitrogens is 1. The van der Waals surface area contributed by atoms with Gasteiger partial charge in [-0.15, -0.1) is 0 Å². The van der Waals surface area contributed by atoms with E-state index in [1.807, 2.05) is 24.3 Å². The zero-order valence-corrected chi connectivity index (χ0v) is 11.2. The molecule has 0 fully saturated rings. The van der Waals surface area contributed by atoms with Crippen molar-refractivity contribution < 1.29 is 9.50 Å². The Morgan fingerprint density at radius 1 is 1.05 bits per heavy atom. The maximum absolute atomic E-state index is 13.2. The number of benzene rings is 2. The van der Waals surface area contributed by atoms with Gasteiger partial charge in [0.2, 0.25) is 0 Å². The molecule has 0 aliphatic heterocycles. The van der Waals surface area contributed by atoms with Gasteiger partial charge in [0, 0.05) is 11.6 Å². The SMILES string of the molecule is OC(c1ccc(F)c(Cl)c1)c1ccc2ncccc2c1. The first-order valence-electron chi connectivity index (χ1n) is 6.13. The maximum Gasteiger partial charge on any atom is 0.141 e. The third kappa shape index (κ3) is 2.38. The molecule has 3 rings (SSSR count). The van der Waals surface area contributed by atoms with Gasteiger partial charge in [0.25, 0.3) is 0 Å². The summed E-state index contributed by atoms with van der Waals surface area (Å²) >= 11 is 5.74. The van der Waals surface area contributed by atoms with Crippen molar-refractivity contribution in [1.29, 1.82) is 0 Å². The van der Waals surface area contributed by atoms with Crippen LogP contribution in [0.15, 0.2) is 54.7 Å². The number of fused-ring (bicyclic) bond motifs is 1. The number of nitrogens with zero attached hydrogens (tertiary/aromatic N) is 1. The zero-order valence-electron chi connectivity index (χ0n) is 10.4.